The second-order valence-corrected chi connectivity index (χ2v) is 4.28. The van der Waals surface area contributed by atoms with Crippen molar-refractivity contribution in [2.75, 3.05) is 0 Å². The monoisotopic (exact) mass is 233 g/mol. The van der Waals surface area contributed by atoms with Crippen LogP contribution in [-0.2, 0) is 16.1 Å². The first kappa shape index (κ1) is 11.8. The van der Waals surface area contributed by atoms with E-state index in [-0.39, 0.29) is 5.75 Å². The molecule has 90 valence electrons. The molecule has 0 radical (unpaired) electrons. The molecule has 2 N–H and O–H groups in total. The number of ketones is 1. The summed E-state index contributed by atoms with van der Waals surface area (Å²) < 4.78 is 0. The Morgan fingerprint density at radius 1 is 1.35 bits per heavy atom. The van der Waals surface area contributed by atoms with Gasteiger partial charge in [-0.25, -0.2) is 0 Å². The highest BCUT2D eigenvalue weighted by Gasteiger charge is 2.27. The van der Waals surface area contributed by atoms with Crippen molar-refractivity contribution in [2.24, 2.45) is 0 Å². The number of aldehydes is 1. The number of carbonyl (C=O) groups is 2. The molecule has 1 fully saturated rings. The summed E-state index contributed by atoms with van der Waals surface area (Å²) in [4.78, 5) is 21.5. The van der Waals surface area contributed by atoms with Crippen LogP contribution in [0.15, 0.2) is 18.2 Å². The van der Waals surface area contributed by atoms with Crippen LogP contribution in [0.1, 0.15) is 36.4 Å². The molecule has 0 aromatic heterocycles. The van der Waals surface area contributed by atoms with Gasteiger partial charge in [0, 0.05) is 6.54 Å². The minimum absolute atomic E-state index is 0.108. The lowest BCUT2D eigenvalue weighted by molar-refractivity contribution is -0.131. The van der Waals surface area contributed by atoms with Crippen molar-refractivity contribution in [1.29, 1.82) is 0 Å². The highest BCUT2D eigenvalue weighted by molar-refractivity contribution is 6.27. The van der Waals surface area contributed by atoms with E-state index in [4.69, 9.17) is 0 Å². The summed E-state index contributed by atoms with van der Waals surface area (Å²) in [6, 6.07) is 4.24. The highest BCUT2D eigenvalue weighted by atomic mass is 16.3. The molecular weight excluding hydrogens is 218 g/mol. The van der Waals surface area contributed by atoms with Crippen molar-refractivity contribution in [3.05, 3.63) is 29.3 Å². The molecular formula is C13H15NO3. The quantitative estimate of drug-likeness (QED) is 0.599. The number of Topliss-reactive ketones (excluding diaryl/α,β-unsaturated/α-hetero) is 1. The number of fused-ring (bicyclic) bond motifs is 1. The number of carbonyl (C=O) groups excluding carboxylic acids is 2. The topological polar surface area (TPSA) is 66.4 Å². The molecule has 0 spiro atoms. The number of phenolic OH excluding ortho intramolecular Hbond substituents is 1. The van der Waals surface area contributed by atoms with E-state index in [1.54, 1.807) is 12.1 Å². The Labute approximate surface area is 99.6 Å². The van der Waals surface area contributed by atoms with Gasteiger partial charge in [0.1, 0.15) is 5.75 Å². The molecule has 17 heavy (non-hydrogen) atoms. The molecule has 0 amide bonds. The molecule has 1 aromatic rings. The van der Waals surface area contributed by atoms with Crippen molar-refractivity contribution >= 4 is 12.1 Å². The minimum atomic E-state index is -0.588. The van der Waals surface area contributed by atoms with Crippen molar-refractivity contribution in [3.63, 3.8) is 0 Å². The van der Waals surface area contributed by atoms with Crippen LogP contribution in [0.5, 0.6) is 5.75 Å². The number of aromatic hydroxyl groups is 1. The lowest BCUT2D eigenvalue weighted by Crippen LogP contribution is -2.22. The molecule has 1 aliphatic carbocycles. The summed E-state index contributed by atoms with van der Waals surface area (Å²) in [5.41, 5.74) is 1.64. The van der Waals surface area contributed by atoms with Gasteiger partial charge in [0.05, 0.1) is 6.04 Å². The maximum atomic E-state index is 11.2. The summed E-state index contributed by atoms with van der Waals surface area (Å²) in [6.07, 6.45) is 4.80. The molecule has 0 bridgehead atoms. The number of hydrogen-bond acceptors (Lipinski definition) is 4. The number of hydrogen-bond donors (Lipinski definition) is 2. The zero-order valence-corrected chi connectivity index (χ0v) is 9.48. The Hall–Kier alpha value is -1.68. The van der Waals surface area contributed by atoms with Crippen molar-refractivity contribution in [2.45, 2.75) is 31.8 Å². The van der Waals surface area contributed by atoms with E-state index < -0.39 is 11.8 Å². The van der Waals surface area contributed by atoms with Crippen molar-refractivity contribution in [1.82, 2.24) is 5.32 Å². The summed E-state index contributed by atoms with van der Waals surface area (Å²) in [6.45, 7) is 0.555. The van der Waals surface area contributed by atoms with E-state index in [0.717, 1.165) is 5.56 Å². The maximum absolute atomic E-state index is 11.2. The van der Waals surface area contributed by atoms with Gasteiger partial charge in [0.25, 0.3) is 0 Å². The van der Waals surface area contributed by atoms with Gasteiger partial charge >= 0.3 is 0 Å². The first-order valence-corrected chi connectivity index (χ1v) is 5.76. The van der Waals surface area contributed by atoms with Crippen LogP contribution in [0.2, 0.25) is 0 Å². The van der Waals surface area contributed by atoms with Gasteiger partial charge in [0.15, 0.2) is 6.29 Å². The largest absolute Gasteiger partial charge is 0.508 e. The average molecular weight is 233 g/mol. The molecule has 1 aromatic carbocycles. The maximum Gasteiger partial charge on any atom is 0.216 e. The fraction of sp³-hybridized carbons (Fsp3) is 0.385. The molecule has 1 atom stereocenters. The third kappa shape index (κ3) is 2.91. The Bertz CT molecular complexity index is 438. The third-order valence-electron chi connectivity index (χ3n) is 2.69. The van der Waals surface area contributed by atoms with E-state index in [9.17, 15) is 14.7 Å². The molecule has 4 nitrogen and oxygen atoms in total. The van der Waals surface area contributed by atoms with Crippen LogP contribution < -0.4 is 5.32 Å². The van der Waals surface area contributed by atoms with E-state index in [1.807, 2.05) is 0 Å². The van der Waals surface area contributed by atoms with Gasteiger partial charge in [-0.05, 0) is 23.3 Å². The van der Waals surface area contributed by atoms with Crippen LogP contribution >= 0.6 is 0 Å². The molecule has 1 unspecified atom stereocenters. The van der Waals surface area contributed by atoms with Crippen molar-refractivity contribution < 1.29 is 14.7 Å². The van der Waals surface area contributed by atoms with E-state index in [1.165, 1.54) is 25.3 Å². The van der Waals surface area contributed by atoms with Gasteiger partial charge in [-0.15, -0.1) is 0 Å². The average Bonchev–Trinajstić information content (AvgIpc) is 3.16. The number of benzene rings is 1. The number of nitrogens with one attached hydrogen (secondary N) is 1. The molecule has 3 rings (SSSR count). The highest BCUT2D eigenvalue weighted by Crippen LogP contribution is 2.28. The Balaban J connectivity index is 0.000000313. The summed E-state index contributed by atoms with van der Waals surface area (Å²) in [5.74, 6) is -0.398. The summed E-state index contributed by atoms with van der Waals surface area (Å²) in [5, 5.41) is 12.1. The van der Waals surface area contributed by atoms with E-state index >= 15 is 0 Å². The zero-order valence-electron chi connectivity index (χ0n) is 9.48. The normalized spacial score (nSPS) is 19.9. The van der Waals surface area contributed by atoms with E-state index in [0.29, 0.717) is 18.4 Å². The lowest BCUT2D eigenvalue weighted by atomic mass is 10.0. The van der Waals surface area contributed by atoms with Gasteiger partial charge < -0.3 is 5.11 Å². The standard InChI is InChI=1S/C10H9NO3.C3H6/c12-5-9(14)10-8-3-7(13)2-1-6(8)4-11-10;1-2-3-1/h1-3,5,10-11,13H,4H2;1-3H2. The fourth-order valence-electron chi connectivity index (χ4n) is 1.66. The van der Waals surface area contributed by atoms with Crippen LogP contribution in [0, 0.1) is 0 Å². The summed E-state index contributed by atoms with van der Waals surface area (Å²) >= 11 is 0. The van der Waals surface area contributed by atoms with Gasteiger partial charge in [-0.1, -0.05) is 25.3 Å². The lowest BCUT2D eigenvalue weighted by Gasteiger charge is -2.06. The predicted molar refractivity (Wildman–Crippen MR) is 62.6 cm³/mol. The fourth-order valence-corrected chi connectivity index (χ4v) is 1.66. The van der Waals surface area contributed by atoms with Crippen LogP contribution in [0.25, 0.3) is 0 Å². The smallest absolute Gasteiger partial charge is 0.216 e. The molecule has 1 aliphatic heterocycles. The molecule has 1 saturated carbocycles. The second kappa shape index (κ2) is 5.10. The Morgan fingerprint density at radius 2 is 2.06 bits per heavy atom. The summed E-state index contributed by atoms with van der Waals surface area (Å²) in [7, 11) is 0. The van der Waals surface area contributed by atoms with E-state index in [2.05, 4.69) is 5.32 Å². The first-order chi connectivity index (χ1) is 8.22. The van der Waals surface area contributed by atoms with Crippen LogP contribution in [-0.4, -0.2) is 17.2 Å². The molecule has 0 saturated heterocycles. The zero-order chi connectivity index (χ0) is 12.3. The SMILES string of the molecule is C1CC1.O=CC(=O)C1NCc2ccc(O)cc21. The van der Waals surface area contributed by atoms with Gasteiger partial charge in [-0.3, -0.25) is 14.9 Å². The minimum Gasteiger partial charge on any atom is -0.508 e. The number of phenols is 1. The Morgan fingerprint density at radius 3 is 2.65 bits per heavy atom. The van der Waals surface area contributed by atoms with Gasteiger partial charge in [0.2, 0.25) is 5.78 Å². The second-order valence-electron chi connectivity index (χ2n) is 4.28. The molecule has 1 heterocycles. The predicted octanol–water partition coefficient (Wildman–Crippen LogP) is 1.47. The van der Waals surface area contributed by atoms with Gasteiger partial charge in [-0.2, -0.15) is 0 Å². The first-order valence-electron chi connectivity index (χ1n) is 5.76. The van der Waals surface area contributed by atoms with Crippen molar-refractivity contribution in [3.8, 4) is 5.75 Å². The number of rotatable bonds is 2. The molecule has 4 heteroatoms. The van der Waals surface area contributed by atoms with Crippen LogP contribution in [0.4, 0.5) is 0 Å². The third-order valence-corrected chi connectivity index (χ3v) is 2.69. The molecule has 2 aliphatic rings. The van der Waals surface area contributed by atoms with Crippen LogP contribution in [0.3, 0.4) is 0 Å². The Kier molecular flexibility index (Phi) is 3.54.